The summed E-state index contributed by atoms with van der Waals surface area (Å²) in [5.41, 5.74) is 0. The van der Waals surface area contributed by atoms with Crippen molar-refractivity contribution in [2.24, 2.45) is 0 Å². The van der Waals surface area contributed by atoms with Crippen molar-refractivity contribution in [3.63, 3.8) is 0 Å². The number of hydrogen-bond acceptors (Lipinski definition) is 1. The summed E-state index contributed by atoms with van der Waals surface area (Å²) in [4.78, 5) is 9.49. The smallest absolute Gasteiger partial charge is 0.303 e. The Balaban J connectivity index is 3.53. The van der Waals surface area contributed by atoms with Crippen molar-refractivity contribution in [1.29, 1.82) is 0 Å². The van der Waals surface area contributed by atoms with Gasteiger partial charge in [-0.2, -0.15) is 0 Å². The van der Waals surface area contributed by atoms with Gasteiger partial charge in [0.2, 0.25) is 0 Å². The Kier molecular flexibility index (Phi) is 8.22. The lowest BCUT2D eigenvalue weighted by Gasteiger charge is -2.16. The predicted octanol–water partition coefficient (Wildman–Crippen LogP) is 3.65. The fraction of sp³-hybridized carbons (Fsp3) is 0.875. The third-order valence-corrected chi connectivity index (χ3v) is 3.68. The molecule has 0 aromatic rings. The van der Waals surface area contributed by atoms with E-state index < -0.39 is 16.2 Å². The highest BCUT2D eigenvalue weighted by Gasteiger charge is 2.22. The molecule has 0 spiro atoms. The van der Waals surface area contributed by atoms with E-state index in [4.69, 9.17) is 51.5 Å². The van der Waals surface area contributed by atoms with E-state index in [-0.39, 0.29) is 11.8 Å². The van der Waals surface area contributed by atoms with Gasteiger partial charge in [0.1, 0.15) is 4.84 Å². The lowest BCUT2D eigenvalue weighted by Crippen LogP contribution is -2.21. The van der Waals surface area contributed by atoms with Gasteiger partial charge < -0.3 is 5.11 Å². The van der Waals surface area contributed by atoms with E-state index in [0.29, 0.717) is 19.3 Å². The van der Waals surface area contributed by atoms with E-state index in [2.05, 4.69) is 0 Å². The van der Waals surface area contributed by atoms with Crippen molar-refractivity contribution in [2.75, 3.05) is 0 Å². The Bertz CT molecular complexity index is 175. The van der Waals surface area contributed by atoms with Crippen LogP contribution < -0.4 is 0 Å². The van der Waals surface area contributed by atoms with Gasteiger partial charge in [-0.3, -0.25) is 4.79 Å². The zero-order valence-corrected chi connectivity index (χ0v) is 10.5. The zero-order valence-electron chi connectivity index (χ0n) is 7.43. The van der Waals surface area contributed by atoms with Crippen LogP contribution in [-0.4, -0.2) is 26.7 Å². The molecule has 0 rings (SSSR count). The number of carboxylic acids is 1. The Morgan fingerprint density at radius 1 is 1.14 bits per heavy atom. The summed E-state index contributed by atoms with van der Waals surface area (Å²) in [5.74, 6) is -0.800. The van der Waals surface area contributed by atoms with Gasteiger partial charge in [0.25, 0.3) is 0 Å². The molecule has 0 aromatic carbocycles. The van der Waals surface area contributed by atoms with Crippen LogP contribution in [0.25, 0.3) is 0 Å². The maximum Gasteiger partial charge on any atom is 0.303 e. The molecule has 84 valence electrons. The highest BCUT2D eigenvalue weighted by Crippen LogP contribution is 2.25. The summed E-state index contributed by atoms with van der Waals surface area (Å²) >= 11 is 22.8. The molecule has 0 aliphatic carbocycles. The van der Waals surface area contributed by atoms with Gasteiger partial charge in [-0.25, -0.2) is 0 Å². The van der Waals surface area contributed by atoms with Gasteiger partial charge in [-0.15, -0.1) is 46.4 Å². The van der Waals surface area contributed by atoms with Crippen LogP contribution in [-0.2, 0) is 4.79 Å². The van der Waals surface area contributed by atoms with Gasteiger partial charge in [0, 0.05) is 6.42 Å². The topological polar surface area (TPSA) is 37.3 Å². The quantitative estimate of drug-likeness (QED) is 0.571. The molecule has 0 bridgehead atoms. The molecule has 0 saturated carbocycles. The maximum atomic E-state index is 10.2. The summed E-state index contributed by atoms with van der Waals surface area (Å²) in [6, 6.07) is 0. The van der Waals surface area contributed by atoms with Gasteiger partial charge in [0.05, 0.1) is 10.8 Å². The number of rotatable bonds is 7. The van der Waals surface area contributed by atoms with Crippen molar-refractivity contribution in [2.45, 2.75) is 41.3 Å². The highest BCUT2D eigenvalue weighted by atomic mass is 35.5. The third-order valence-electron chi connectivity index (χ3n) is 1.71. The number of unbranched alkanes of at least 4 members (excludes halogenated alkanes) is 1. The number of hydrogen-bond donors (Lipinski definition) is 1. The number of aliphatic carboxylic acids is 1. The minimum absolute atomic E-state index is 0.155. The first-order chi connectivity index (χ1) is 6.45. The minimum atomic E-state index is -0.800. The SMILES string of the molecule is O=C(O)CCCCC(Cl)C(Cl)C(Cl)Cl. The zero-order chi connectivity index (χ0) is 11.1. The highest BCUT2D eigenvalue weighted by molar-refractivity contribution is 6.49. The van der Waals surface area contributed by atoms with Crippen LogP contribution >= 0.6 is 46.4 Å². The molecule has 0 aromatic heterocycles. The van der Waals surface area contributed by atoms with Crippen molar-refractivity contribution in [1.82, 2.24) is 0 Å². The largest absolute Gasteiger partial charge is 0.481 e. The number of alkyl halides is 4. The van der Waals surface area contributed by atoms with Crippen LogP contribution in [0.5, 0.6) is 0 Å². The monoisotopic (exact) mass is 280 g/mol. The van der Waals surface area contributed by atoms with E-state index in [9.17, 15) is 4.79 Å². The molecule has 0 amide bonds. The van der Waals surface area contributed by atoms with E-state index in [0.717, 1.165) is 0 Å². The molecular weight excluding hydrogens is 270 g/mol. The first-order valence-corrected chi connectivity index (χ1v) is 5.97. The fourth-order valence-corrected chi connectivity index (χ4v) is 1.86. The molecule has 0 aliphatic rings. The van der Waals surface area contributed by atoms with Crippen LogP contribution in [0.3, 0.4) is 0 Å². The molecule has 1 N–H and O–H groups in total. The fourth-order valence-electron chi connectivity index (χ4n) is 0.933. The van der Waals surface area contributed by atoms with E-state index in [1.807, 2.05) is 0 Å². The van der Waals surface area contributed by atoms with Crippen LogP contribution in [0.1, 0.15) is 25.7 Å². The summed E-state index contributed by atoms with van der Waals surface area (Å²) in [6.45, 7) is 0. The molecule has 0 saturated heterocycles. The Labute approximate surface area is 103 Å². The van der Waals surface area contributed by atoms with E-state index in [1.165, 1.54) is 0 Å². The number of carboxylic acid groups (broad SMARTS) is 1. The molecule has 14 heavy (non-hydrogen) atoms. The van der Waals surface area contributed by atoms with Gasteiger partial charge in [0.15, 0.2) is 0 Å². The molecule has 6 heteroatoms. The molecule has 0 radical (unpaired) electrons. The van der Waals surface area contributed by atoms with Gasteiger partial charge in [-0.1, -0.05) is 6.42 Å². The average Bonchev–Trinajstić information content (AvgIpc) is 2.10. The second-order valence-electron chi connectivity index (χ2n) is 2.93. The Hall–Kier alpha value is 0.630. The van der Waals surface area contributed by atoms with Crippen LogP contribution in [0, 0.1) is 0 Å². The van der Waals surface area contributed by atoms with Crippen LogP contribution in [0.4, 0.5) is 0 Å². The van der Waals surface area contributed by atoms with Gasteiger partial charge in [-0.05, 0) is 12.8 Å². The van der Waals surface area contributed by atoms with Crippen molar-refractivity contribution >= 4 is 52.4 Å². The summed E-state index contributed by atoms with van der Waals surface area (Å²) in [6.07, 6.45) is 2.09. The molecule has 0 heterocycles. The second kappa shape index (κ2) is 7.86. The Morgan fingerprint density at radius 3 is 2.14 bits per heavy atom. The molecule has 2 unspecified atom stereocenters. The molecule has 0 aliphatic heterocycles. The standard InChI is InChI=1S/C8H12Cl4O2/c9-5(7(10)8(11)12)3-1-2-4-6(13)14/h5,7-8H,1-4H2,(H,13,14). The summed E-state index contributed by atoms with van der Waals surface area (Å²) in [7, 11) is 0. The van der Waals surface area contributed by atoms with Crippen LogP contribution in [0.15, 0.2) is 0 Å². The Morgan fingerprint density at radius 2 is 1.71 bits per heavy atom. The predicted molar refractivity (Wildman–Crippen MR) is 60.9 cm³/mol. The summed E-state index contributed by atoms with van der Waals surface area (Å²) < 4.78 is 0. The average molecular weight is 282 g/mol. The lowest BCUT2D eigenvalue weighted by molar-refractivity contribution is -0.137. The van der Waals surface area contributed by atoms with Crippen molar-refractivity contribution < 1.29 is 9.90 Å². The minimum Gasteiger partial charge on any atom is -0.481 e. The molecule has 0 fully saturated rings. The van der Waals surface area contributed by atoms with Crippen LogP contribution in [0.2, 0.25) is 0 Å². The number of carbonyl (C=O) groups is 1. The first-order valence-electron chi connectivity index (χ1n) is 4.23. The molecule has 2 atom stereocenters. The molecule has 2 nitrogen and oxygen atoms in total. The second-order valence-corrected chi connectivity index (χ2v) is 5.16. The molecular formula is C8H12Cl4O2. The number of halogens is 4. The normalized spacial score (nSPS) is 15.5. The maximum absolute atomic E-state index is 10.2. The van der Waals surface area contributed by atoms with Gasteiger partial charge >= 0.3 is 5.97 Å². The summed E-state index contributed by atoms with van der Waals surface area (Å²) in [5, 5.41) is 7.56. The first kappa shape index (κ1) is 14.6. The van der Waals surface area contributed by atoms with Crippen molar-refractivity contribution in [3.05, 3.63) is 0 Å². The van der Waals surface area contributed by atoms with Crippen molar-refractivity contribution in [3.8, 4) is 0 Å². The lowest BCUT2D eigenvalue weighted by atomic mass is 10.1. The van der Waals surface area contributed by atoms with E-state index in [1.54, 1.807) is 0 Å². The third kappa shape index (κ3) is 6.99. The van der Waals surface area contributed by atoms with E-state index >= 15 is 0 Å².